The van der Waals surface area contributed by atoms with Crippen LogP contribution < -0.4 is 5.32 Å². The number of aryl methyl sites for hydroxylation is 1. The van der Waals surface area contributed by atoms with Crippen LogP contribution >= 0.6 is 12.2 Å². The molecule has 3 heteroatoms. The number of benzene rings is 1. The van der Waals surface area contributed by atoms with Crippen molar-refractivity contribution in [2.45, 2.75) is 20.8 Å². The molecule has 1 N–H and O–H groups in total. The molecule has 86 valence electrons. The lowest BCUT2D eigenvalue weighted by atomic mass is 10.2. The molecule has 1 aromatic rings. The molecule has 0 radical (unpaired) electrons. The van der Waals surface area contributed by atoms with Gasteiger partial charge >= 0.3 is 0 Å². The number of hydrogen-bond donors (Lipinski definition) is 1. The van der Waals surface area contributed by atoms with Gasteiger partial charge in [-0.15, -0.1) is 0 Å². The Bertz CT molecular complexity index is 381. The van der Waals surface area contributed by atoms with Gasteiger partial charge in [0, 0.05) is 16.6 Å². The van der Waals surface area contributed by atoms with Crippen molar-refractivity contribution in [3.05, 3.63) is 41.8 Å². The van der Waals surface area contributed by atoms with Crippen LogP contribution in [0, 0.1) is 6.92 Å². The minimum atomic E-state index is 0.618. The molecule has 0 aliphatic heterocycles. The summed E-state index contributed by atoms with van der Waals surface area (Å²) in [6, 6.07) is 8.13. The Balaban J connectivity index is 2.75. The van der Waals surface area contributed by atoms with Gasteiger partial charge in [-0.25, -0.2) is 0 Å². The molecular weight excluding hydrogens is 218 g/mol. The lowest BCUT2D eigenvalue weighted by Crippen LogP contribution is -2.05. The summed E-state index contributed by atoms with van der Waals surface area (Å²) in [6.45, 7) is 6.49. The summed E-state index contributed by atoms with van der Waals surface area (Å²) in [5, 5.41) is 3.19. The Morgan fingerprint density at radius 3 is 2.50 bits per heavy atom. The minimum Gasteiger partial charge on any atom is -0.479 e. The monoisotopic (exact) mass is 235 g/mol. The number of anilines is 1. The molecule has 2 nitrogen and oxygen atoms in total. The van der Waals surface area contributed by atoms with E-state index in [0.29, 0.717) is 12.5 Å². The second kappa shape index (κ2) is 6.28. The molecule has 0 bridgehead atoms. The van der Waals surface area contributed by atoms with Crippen molar-refractivity contribution < 1.29 is 4.74 Å². The molecule has 0 heterocycles. The van der Waals surface area contributed by atoms with Crippen molar-refractivity contribution in [2.24, 2.45) is 0 Å². The second-order valence-electron chi connectivity index (χ2n) is 3.54. The first-order valence-corrected chi connectivity index (χ1v) is 5.71. The fraction of sp³-hybridized carbons (Fsp3) is 0.308. The van der Waals surface area contributed by atoms with E-state index in [0.717, 1.165) is 10.6 Å². The highest BCUT2D eigenvalue weighted by molar-refractivity contribution is 7.80. The SMILES string of the molecule is CCO/C(=C\C(C)=S)Nc1ccc(C)cc1. The molecule has 16 heavy (non-hydrogen) atoms. The summed E-state index contributed by atoms with van der Waals surface area (Å²) in [5.41, 5.74) is 2.24. The lowest BCUT2D eigenvalue weighted by Gasteiger charge is -2.11. The van der Waals surface area contributed by atoms with E-state index >= 15 is 0 Å². The molecule has 1 rings (SSSR count). The molecule has 0 amide bonds. The quantitative estimate of drug-likeness (QED) is 0.478. The molecule has 0 unspecified atom stereocenters. The maximum Gasteiger partial charge on any atom is 0.192 e. The van der Waals surface area contributed by atoms with E-state index in [2.05, 4.69) is 24.4 Å². The summed E-state index contributed by atoms with van der Waals surface area (Å²) in [4.78, 5) is 0.795. The minimum absolute atomic E-state index is 0.618. The van der Waals surface area contributed by atoms with Gasteiger partial charge in [0.2, 0.25) is 0 Å². The Kier molecular flexibility index (Phi) is 4.99. The van der Waals surface area contributed by atoms with E-state index in [1.54, 1.807) is 0 Å². The van der Waals surface area contributed by atoms with Crippen LogP contribution in [0.3, 0.4) is 0 Å². The van der Waals surface area contributed by atoms with Gasteiger partial charge in [-0.3, -0.25) is 0 Å². The molecule has 0 aliphatic rings. The van der Waals surface area contributed by atoms with Crippen molar-refractivity contribution in [1.29, 1.82) is 0 Å². The zero-order chi connectivity index (χ0) is 12.0. The first-order valence-electron chi connectivity index (χ1n) is 5.30. The number of ether oxygens (including phenoxy) is 1. The molecule has 0 atom stereocenters. The highest BCUT2D eigenvalue weighted by Crippen LogP contribution is 2.12. The maximum absolute atomic E-state index is 5.45. The van der Waals surface area contributed by atoms with E-state index in [1.165, 1.54) is 5.56 Å². The first-order chi connectivity index (χ1) is 7.61. The largest absolute Gasteiger partial charge is 0.479 e. The molecule has 0 aliphatic carbocycles. The number of hydrogen-bond acceptors (Lipinski definition) is 3. The number of nitrogens with one attached hydrogen (secondary N) is 1. The summed E-state index contributed by atoms with van der Waals surface area (Å²) < 4.78 is 5.45. The molecular formula is C13H17NOS. The Morgan fingerprint density at radius 1 is 1.38 bits per heavy atom. The van der Waals surface area contributed by atoms with Gasteiger partial charge < -0.3 is 10.1 Å². The van der Waals surface area contributed by atoms with Gasteiger partial charge in [-0.05, 0) is 32.9 Å². The predicted molar refractivity (Wildman–Crippen MR) is 72.8 cm³/mol. The van der Waals surface area contributed by atoms with E-state index in [9.17, 15) is 0 Å². The van der Waals surface area contributed by atoms with Crippen molar-refractivity contribution >= 4 is 22.8 Å². The molecule has 1 aromatic carbocycles. The number of allylic oxidation sites excluding steroid dienone is 1. The van der Waals surface area contributed by atoms with Gasteiger partial charge in [0.15, 0.2) is 5.88 Å². The number of thiocarbonyl (C=S) groups is 1. The molecule has 0 fully saturated rings. The summed E-state index contributed by atoms with van der Waals surface area (Å²) in [7, 11) is 0. The summed E-state index contributed by atoms with van der Waals surface area (Å²) in [5.74, 6) is 0.693. The highest BCUT2D eigenvalue weighted by atomic mass is 32.1. The average molecular weight is 235 g/mol. The van der Waals surface area contributed by atoms with Gasteiger partial charge in [-0.1, -0.05) is 29.9 Å². The van der Waals surface area contributed by atoms with E-state index < -0.39 is 0 Å². The van der Waals surface area contributed by atoms with Crippen molar-refractivity contribution in [3.8, 4) is 0 Å². The topological polar surface area (TPSA) is 21.3 Å². The van der Waals surface area contributed by atoms with Crippen LogP contribution in [-0.4, -0.2) is 11.5 Å². The summed E-state index contributed by atoms with van der Waals surface area (Å²) >= 11 is 5.03. The average Bonchev–Trinajstić information content (AvgIpc) is 2.21. The third kappa shape index (κ3) is 4.45. The fourth-order valence-electron chi connectivity index (χ4n) is 1.23. The standard InChI is InChI=1S/C13H17NOS/c1-4-15-13(9-11(3)16)14-12-7-5-10(2)6-8-12/h5-9,14H,4H2,1-3H3/b13-9-. The van der Waals surface area contributed by atoms with Crippen molar-refractivity contribution in [3.63, 3.8) is 0 Å². The smallest absolute Gasteiger partial charge is 0.192 e. The third-order valence-corrected chi connectivity index (χ3v) is 2.07. The zero-order valence-electron chi connectivity index (χ0n) is 9.91. The fourth-order valence-corrected chi connectivity index (χ4v) is 1.34. The molecule has 0 aromatic heterocycles. The van der Waals surface area contributed by atoms with Crippen LogP contribution in [0.4, 0.5) is 5.69 Å². The van der Waals surface area contributed by atoms with Gasteiger partial charge in [-0.2, -0.15) is 0 Å². The summed E-state index contributed by atoms with van der Waals surface area (Å²) in [6.07, 6.45) is 1.82. The second-order valence-corrected chi connectivity index (χ2v) is 4.19. The third-order valence-electron chi connectivity index (χ3n) is 1.95. The Labute approximate surface area is 102 Å². The van der Waals surface area contributed by atoms with Crippen LogP contribution in [-0.2, 0) is 4.74 Å². The van der Waals surface area contributed by atoms with Crippen molar-refractivity contribution in [1.82, 2.24) is 0 Å². The van der Waals surface area contributed by atoms with Crippen LogP contribution in [0.1, 0.15) is 19.4 Å². The van der Waals surface area contributed by atoms with Crippen LogP contribution in [0.25, 0.3) is 0 Å². The van der Waals surface area contributed by atoms with Gasteiger partial charge in [0.25, 0.3) is 0 Å². The Morgan fingerprint density at radius 2 is 2.00 bits per heavy atom. The number of rotatable bonds is 5. The first kappa shape index (κ1) is 12.7. The normalized spacial score (nSPS) is 11.1. The van der Waals surface area contributed by atoms with E-state index in [-0.39, 0.29) is 0 Å². The van der Waals surface area contributed by atoms with E-state index in [4.69, 9.17) is 17.0 Å². The molecule has 0 saturated carbocycles. The highest BCUT2D eigenvalue weighted by Gasteiger charge is 1.98. The zero-order valence-corrected chi connectivity index (χ0v) is 10.7. The van der Waals surface area contributed by atoms with Crippen LogP contribution in [0.15, 0.2) is 36.2 Å². The van der Waals surface area contributed by atoms with Gasteiger partial charge in [0.1, 0.15) is 0 Å². The predicted octanol–water partition coefficient (Wildman–Crippen LogP) is 3.67. The van der Waals surface area contributed by atoms with Crippen molar-refractivity contribution in [2.75, 3.05) is 11.9 Å². The Hall–Kier alpha value is -1.35. The molecule has 0 saturated heterocycles. The van der Waals surface area contributed by atoms with Crippen LogP contribution in [0.5, 0.6) is 0 Å². The van der Waals surface area contributed by atoms with Crippen LogP contribution in [0.2, 0.25) is 0 Å². The maximum atomic E-state index is 5.45. The van der Waals surface area contributed by atoms with Gasteiger partial charge in [0.05, 0.1) is 6.61 Å². The molecule has 0 spiro atoms. The lowest BCUT2D eigenvalue weighted by molar-refractivity contribution is 0.235. The van der Waals surface area contributed by atoms with E-state index in [1.807, 2.05) is 32.1 Å².